The van der Waals surface area contributed by atoms with Gasteiger partial charge in [0, 0.05) is 17.9 Å². The van der Waals surface area contributed by atoms with Crippen molar-refractivity contribution in [3.63, 3.8) is 0 Å². The van der Waals surface area contributed by atoms with E-state index in [1.807, 2.05) is 0 Å². The summed E-state index contributed by atoms with van der Waals surface area (Å²) in [6.45, 7) is 6.77. The first-order chi connectivity index (χ1) is 29.3. The number of allylic oxidation sites excluding steroid dienone is 6. The summed E-state index contributed by atoms with van der Waals surface area (Å²) < 4.78 is 0. The van der Waals surface area contributed by atoms with Gasteiger partial charge >= 0.3 is 37.7 Å². The molecule has 0 aliphatic heterocycles. The largest absolute Gasteiger partial charge is 3.00 e. The Balaban J connectivity index is -0.000000396. The van der Waals surface area contributed by atoms with E-state index in [2.05, 4.69) is 57.2 Å². The molecule has 0 saturated heterocycles. The zero-order valence-corrected chi connectivity index (χ0v) is 42.3. The molecule has 0 radical (unpaired) electrons. The second-order valence-electron chi connectivity index (χ2n) is 17.1. The average Bonchev–Trinajstić information content (AvgIpc) is 3.22. The number of aliphatic carboxylic acids is 3. The second kappa shape index (κ2) is 63.2. The summed E-state index contributed by atoms with van der Waals surface area (Å²) in [5.41, 5.74) is 0. The topological polar surface area (TPSA) is 120 Å². The molecule has 0 aromatic heterocycles. The van der Waals surface area contributed by atoms with Gasteiger partial charge in [-0.3, -0.25) is 0 Å². The number of carboxylic acids is 3. The van der Waals surface area contributed by atoms with E-state index in [9.17, 15) is 29.7 Å². The minimum absolute atomic E-state index is 0. The number of hydrogen-bond acceptors (Lipinski definition) is 6. The van der Waals surface area contributed by atoms with Gasteiger partial charge in [-0.05, 0) is 116 Å². The Hall–Kier alpha value is -1.11. The molecule has 0 N–H and O–H groups in total. The normalized spacial score (nSPS) is 11.1. The summed E-state index contributed by atoms with van der Waals surface area (Å²) in [5, 5.41) is 30.6. The Morgan fingerprint density at radius 3 is 0.574 bits per heavy atom. The van der Waals surface area contributed by atoms with Gasteiger partial charge in [0.15, 0.2) is 0 Å². The summed E-state index contributed by atoms with van der Waals surface area (Å²) in [6.07, 6.45) is 62.7. The van der Waals surface area contributed by atoms with Gasteiger partial charge in [0.05, 0.1) is 0 Å². The first-order valence-corrected chi connectivity index (χ1v) is 25.9. The van der Waals surface area contributed by atoms with Gasteiger partial charge in [-0.2, -0.15) is 0 Å². The van der Waals surface area contributed by atoms with Gasteiger partial charge in [-0.1, -0.05) is 211 Å². The minimum atomic E-state index is -0.914. The molecular weight excluding hydrogens is 910 g/mol. The van der Waals surface area contributed by atoms with Crippen molar-refractivity contribution >= 4 is 17.9 Å². The van der Waals surface area contributed by atoms with E-state index in [0.717, 1.165) is 57.8 Å². The van der Waals surface area contributed by atoms with Crippen LogP contribution in [0.25, 0.3) is 0 Å². The van der Waals surface area contributed by atoms with Crippen LogP contribution in [0.4, 0.5) is 0 Å². The summed E-state index contributed by atoms with van der Waals surface area (Å²) in [4.78, 5) is 30.6. The van der Waals surface area contributed by atoms with Gasteiger partial charge in [-0.25, -0.2) is 0 Å². The smallest absolute Gasteiger partial charge is 0.550 e. The molecule has 0 spiro atoms. The Labute approximate surface area is 409 Å². The maximum absolute atomic E-state index is 10.2. The molecule has 0 unspecified atom stereocenters. The summed E-state index contributed by atoms with van der Waals surface area (Å²) in [7, 11) is 0. The van der Waals surface area contributed by atoms with Crippen LogP contribution in [-0.2, 0) is 14.4 Å². The van der Waals surface area contributed by atoms with Crippen molar-refractivity contribution in [3.05, 3.63) is 36.5 Å². The molecular formula is C54H99HoO6. The molecule has 6 nitrogen and oxygen atoms in total. The van der Waals surface area contributed by atoms with Crippen LogP contribution in [0.2, 0.25) is 0 Å². The summed E-state index contributed by atoms with van der Waals surface area (Å²) in [6, 6.07) is 0. The maximum atomic E-state index is 10.2. The van der Waals surface area contributed by atoms with Crippen LogP contribution < -0.4 is 15.3 Å². The molecule has 362 valence electrons. The van der Waals surface area contributed by atoms with Crippen molar-refractivity contribution in [3.8, 4) is 0 Å². The third-order valence-corrected chi connectivity index (χ3v) is 10.9. The fraction of sp³-hybridized carbons (Fsp3) is 0.833. The van der Waals surface area contributed by atoms with Gasteiger partial charge < -0.3 is 29.7 Å². The molecule has 0 aliphatic rings. The van der Waals surface area contributed by atoms with E-state index in [4.69, 9.17) is 0 Å². The molecule has 7 heteroatoms. The standard InChI is InChI=1S/3C18H34O2.Ho/c3*1-2-3-4-5-6-7-8-9-10-11-12-13-14-15-16-17-18(19)20;/h3*9-10H,2-8,11-17H2,1H3,(H,19,20);/q;;;+3/p-3. The van der Waals surface area contributed by atoms with E-state index >= 15 is 0 Å². The predicted octanol–water partition coefficient (Wildman–Crippen LogP) is 14.3. The van der Waals surface area contributed by atoms with Crippen LogP contribution in [0.3, 0.4) is 0 Å². The Bertz CT molecular complexity index is 827. The molecule has 61 heavy (non-hydrogen) atoms. The third-order valence-electron chi connectivity index (χ3n) is 10.9. The monoisotopic (exact) mass is 1010 g/mol. The molecule has 0 heterocycles. The summed E-state index contributed by atoms with van der Waals surface area (Å²) in [5.74, 6) is -2.74. The molecule has 0 aromatic carbocycles. The Morgan fingerprint density at radius 1 is 0.262 bits per heavy atom. The quantitative estimate of drug-likeness (QED) is 0.0340. The first-order valence-electron chi connectivity index (χ1n) is 25.9. The van der Waals surface area contributed by atoms with Crippen LogP contribution in [0.15, 0.2) is 36.5 Å². The van der Waals surface area contributed by atoms with Crippen LogP contribution in [0.5, 0.6) is 0 Å². The van der Waals surface area contributed by atoms with Gasteiger partial charge in [0.25, 0.3) is 0 Å². The van der Waals surface area contributed by atoms with Crippen molar-refractivity contribution in [1.82, 2.24) is 0 Å². The van der Waals surface area contributed by atoms with Crippen molar-refractivity contribution in [2.24, 2.45) is 0 Å². The zero-order valence-electron chi connectivity index (χ0n) is 40.4. The van der Waals surface area contributed by atoms with Crippen LogP contribution in [-0.4, -0.2) is 17.9 Å². The molecule has 0 atom stereocenters. The van der Waals surface area contributed by atoms with Crippen molar-refractivity contribution in [1.29, 1.82) is 0 Å². The molecule has 0 fully saturated rings. The number of unbranched alkanes of at least 4 members (excludes halogenated alkanes) is 33. The molecule has 0 aliphatic carbocycles. The minimum Gasteiger partial charge on any atom is -0.550 e. The maximum Gasteiger partial charge on any atom is 3.00 e. The van der Waals surface area contributed by atoms with Crippen LogP contribution >= 0.6 is 0 Å². The van der Waals surface area contributed by atoms with Gasteiger partial charge in [0.2, 0.25) is 0 Å². The third kappa shape index (κ3) is 76.6. The predicted molar refractivity (Wildman–Crippen MR) is 253 cm³/mol. The van der Waals surface area contributed by atoms with E-state index in [-0.39, 0.29) is 57.0 Å². The summed E-state index contributed by atoms with van der Waals surface area (Å²) >= 11 is 0. The average molecular weight is 1010 g/mol. The molecule has 0 bridgehead atoms. The van der Waals surface area contributed by atoms with Crippen LogP contribution in [0, 0.1) is 37.7 Å². The van der Waals surface area contributed by atoms with Gasteiger partial charge in [-0.15, -0.1) is 0 Å². The van der Waals surface area contributed by atoms with E-state index in [1.54, 1.807) is 0 Å². The molecule has 0 rings (SSSR count). The number of carbonyl (C=O) groups excluding carboxylic acids is 3. The van der Waals surface area contributed by atoms with E-state index in [1.165, 1.54) is 193 Å². The van der Waals surface area contributed by atoms with Crippen molar-refractivity contribution < 1.29 is 67.4 Å². The van der Waals surface area contributed by atoms with Gasteiger partial charge in [0.1, 0.15) is 0 Å². The van der Waals surface area contributed by atoms with E-state index in [0.29, 0.717) is 0 Å². The first kappa shape index (κ1) is 66.5. The number of carboxylic acid groups (broad SMARTS) is 3. The second-order valence-corrected chi connectivity index (χ2v) is 17.1. The Kier molecular flexibility index (Phi) is 68.9. The molecule has 0 amide bonds. The van der Waals surface area contributed by atoms with Crippen molar-refractivity contribution in [2.45, 2.75) is 290 Å². The number of rotatable bonds is 45. The van der Waals surface area contributed by atoms with E-state index < -0.39 is 17.9 Å². The number of hydrogen-bond donors (Lipinski definition) is 0. The SMILES string of the molecule is CCCCCCCCC=CCCCCCCCC(=O)[O-].CCCCCCCCC=CCCCCCCCC(=O)[O-].CCCCCCCCC=CCCCCCCCC(=O)[O-].[Ho+3]. The van der Waals surface area contributed by atoms with Crippen molar-refractivity contribution in [2.75, 3.05) is 0 Å². The fourth-order valence-corrected chi connectivity index (χ4v) is 7.02. The fourth-order valence-electron chi connectivity index (χ4n) is 7.02. The van der Waals surface area contributed by atoms with Crippen LogP contribution in [0.1, 0.15) is 290 Å². The Morgan fingerprint density at radius 2 is 0.410 bits per heavy atom. The molecule has 0 saturated carbocycles. The molecule has 0 aromatic rings. The number of carbonyl (C=O) groups is 3. The zero-order chi connectivity index (χ0) is 44.7.